The van der Waals surface area contributed by atoms with Crippen molar-refractivity contribution < 1.29 is 4.79 Å². The molecule has 6 heteroatoms. The SMILES string of the molecule is Cc1ccc(NC(=O)C(C)n2cncn2)cc1Br. The van der Waals surface area contributed by atoms with Crippen molar-refractivity contribution >= 4 is 27.5 Å². The average Bonchev–Trinajstić information content (AvgIpc) is 2.86. The molecule has 5 nitrogen and oxygen atoms in total. The van der Waals surface area contributed by atoms with Gasteiger partial charge in [0, 0.05) is 10.2 Å². The van der Waals surface area contributed by atoms with E-state index in [-0.39, 0.29) is 5.91 Å². The zero-order valence-corrected chi connectivity index (χ0v) is 11.7. The van der Waals surface area contributed by atoms with Crippen molar-refractivity contribution in [3.05, 3.63) is 40.9 Å². The van der Waals surface area contributed by atoms with Crippen LogP contribution in [0.5, 0.6) is 0 Å². The number of rotatable bonds is 3. The molecule has 0 aliphatic carbocycles. The fourth-order valence-electron chi connectivity index (χ4n) is 1.45. The van der Waals surface area contributed by atoms with Crippen molar-refractivity contribution in [1.82, 2.24) is 14.8 Å². The number of anilines is 1. The molecule has 1 unspecified atom stereocenters. The first kappa shape index (κ1) is 12.8. The lowest BCUT2D eigenvalue weighted by Crippen LogP contribution is -2.24. The lowest BCUT2D eigenvalue weighted by atomic mass is 10.2. The summed E-state index contributed by atoms with van der Waals surface area (Å²) in [7, 11) is 0. The van der Waals surface area contributed by atoms with Gasteiger partial charge < -0.3 is 5.32 Å². The van der Waals surface area contributed by atoms with Crippen molar-refractivity contribution in [3.8, 4) is 0 Å². The molecule has 0 saturated carbocycles. The predicted molar refractivity (Wildman–Crippen MR) is 72.2 cm³/mol. The van der Waals surface area contributed by atoms with E-state index in [0.29, 0.717) is 0 Å². The van der Waals surface area contributed by atoms with Crippen LogP contribution in [0.4, 0.5) is 5.69 Å². The number of halogens is 1. The molecule has 1 N–H and O–H groups in total. The normalized spacial score (nSPS) is 12.2. The lowest BCUT2D eigenvalue weighted by Gasteiger charge is -2.12. The number of nitrogens with zero attached hydrogens (tertiary/aromatic N) is 3. The summed E-state index contributed by atoms with van der Waals surface area (Å²) >= 11 is 3.43. The molecule has 0 spiro atoms. The Labute approximate surface area is 113 Å². The molecule has 0 aliphatic heterocycles. The first-order chi connectivity index (χ1) is 8.58. The standard InChI is InChI=1S/C12H13BrN4O/c1-8-3-4-10(5-11(8)13)16-12(18)9(2)17-7-14-6-15-17/h3-7,9H,1-2H3,(H,16,18). The van der Waals surface area contributed by atoms with Crippen molar-refractivity contribution in [3.63, 3.8) is 0 Å². The molecule has 0 saturated heterocycles. The van der Waals surface area contributed by atoms with Crippen molar-refractivity contribution in [2.24, 2.45) is 0 Å². The average molecular weight is 309 g/mol. The van der Waals surface area contributed by atoms with E-state index in [1.807, 2.05) is 25.1 Å². The highest BCUT2D eigenvalue weighted by Gasteiger charge is 2.15. The van der Waals surface area contributed by atoms with Gasteiger partial charge in [-0.2, -0.15) is 5.10 Å². The van der Waals surface area contributed by atoms with E-state index in [4.69, 9.17) is 0 Å². The molecule has 2 aromatic rings. The van der Waals surface area contributed by atoms with Gasteiger partial charge in [-0.25, -0.2) is 9.67 Å². The van der Waals surface area contributed by atoms with Crippen LogP contribution in [0.15, 0.2) is 35.3 Å². The Morgan fingerprint density at radius 2 is 2.28 bits per heavy atom. The second-order valence-corrected chi connectivity index (χ2v) is 4.86. The van der Waals surface area contributed by atoms with Gasteiger partial charge in [-0.15, -0.1) is 0 Å². The molecule has 1 aromatic carbocycles. The molecule has 94 valence electrons. The molecular weight excluding hydrogens is 296 g/mol. The van der Waals surface area contributed by atoms with E-state index in [1.54, 1.807) is 6.92 Å². The number of aryl methyl sites for hydroxylation is 1. The molecule has 2 rings (SSSR count). The number of hydrogen-bond donors (Lipinski definition) is 1. The summed E-state index contributed by atoms with van der Waals surface area (Å²) in [6, 6.07) is 5.29. The Bertz CT molecular complexity index is 553. The fourth-order valence-corrected chi connectivity index (χ4v) is 1.83. The maximum atomic E-state index is 12.0. The highest BCUT2D eigenvalue weighted by Crippen LogP contribution is 2.21. The third-order valence-electron chi connectivity index (χ3n) is 2.65. The van der Waals surface area contributed by atoms with E-state index in [0.717, 1.165) is 15.7 Å². The first-order valence-corrected chi connectivity index (χ1v) is 6.28. The number of aromatic nitrogens is 3. The second kappa shape index (κ2) is 5.30. The van der Waals surface area contributed by atoms with E-state index < -0.39 is 6.04 Å². The van der Waals surface area contributed by atoms with Crippen LogP contribution >= 0.6 is 15.9 Å². The molecule has 1 amide bonds. The fraction of sp³-hybridized carbons (Fsp3) is 0.250. The molecular formula is C12H13BrN4O. The van der Waals surface area contributed by atoms with Crippen LogP contribution in [0.1, 0.15) is 18.5 Å². The smallest absolute Gasteiger partial charge is 0.249 e. The minimum atomic E-state index is -0.396. The quantitative estimate of drug-likeness (QED) is 0.948. The topological polar surface area (TPSA) is 59.8 Å². The van der Waals surface area contributed by atoms with Gasteiger partial charge in [0.2, 0.25) is 5.91 Å². The summed E-state index contributed by atoms with van der Waals surface area (Å²) in [6.07, 6.45) is 2.93. The number of amides is 1. The molecule has 0 aliphatic rings. The summed E-state index contributed by atoms with van der Waals surface area (Å²) in [6.45, 7) is 3.76. The zero-order chi connectivity index (χ0) is 13.1. The number of hydrogen-bond acceptors (Lipinski definition) is 3. The van der Waals surface area contributed by atoms with Crippen LogP contribution in [-0.4, -0.2) is 20.7 Å². The predicted octanol–water partition coefficient (Wildman–Crippen LogP) is 2.55. The van der Waals surface area contributed by atoms with Crippen molar-refractivity contribution in [2.75, 3.05) is 5.32 Å². The van der Waals surface area contributed by atoms with Crippen LogP contribution in [0.3, 0.4) is 0 Å². The van der Waals surface area contributed by atoms with Crippen LogP contribution in [0, 0.1) is 6.92 Å². The van der Waals surface area contributed by atoms with E-state index in [1.165, 1.54) is 17.3 Å². The van der Waals surface area contributed by atoms with Crippen molar-refractivity contribution in [2.45, 2.75) is 19.9 Å². The molecule has 0 radical (unpaired) electrons. The number of benzene rings is 1. The Kier molecular flexibility index (Phi) is 3.76. The van der Waals surface area contributed by atoms with Gasteiger partial charge in [0.15, 0.2) is 0 Å². The summed E-state index contributed by atoms with van der Waals surface area (Å²) in [5.74, 6) is -0.128. The van der Waals surface area contributed by atoms with Gasteiger partial charge in [-0.05, 0) is 31.5 Å². The lowest BCUT2D eigenvalue weighted by molar-refractivity contribution is -0.119. The Morgan fingerprint density at radius 3 is 2.89 bits per heavy atom. The van der Waals surface area contributed by atoms with Crippen molar-refractivity contribution in [1.29, 1.82) is 0 Å². The molecule has 18 heavy (non-hydrogen) atoms. The van der Waals surface area contributed by atoms with Gasteiger partial charge in [0.25, 0.3) is 0 Å². The van der Waals surface area contributed by atoms with Crippen LogP contribution < -0.4 is 5.32 Å². The Balaban J connectivity index is 2.09. The van der Waals surface area contributed by atoms with E-state index >= 15 is 0 Å². The van der Waals surface area contributed by atoms with E-state index in [9.17, 15) is 4.79 Å². The maximum absolute atomic E-state index is 12.0. The van der Waals surface area contributed by atoms with Gasteiger partial charge in [0.1, 0.15) is 18.7 Å². The monoisotopic (exact) mass is 308 g/mol. The maximum Gasteiger partial charge on any atom is 0.249 e. The number of carbonyl (C=O) groups excluding carboxylic acids is 1. The number of nitrogens with one attached hydrogen (secondary N) is 1. The largest absolute Gasteiger partial charge is 0.324 e. The minimum absolute atomic E-state index is 0.128. The third-order valence-corrected chi connectivity index (χ3v) is 3.51. The third kappa shape index (κ3) is 2.76. The van der Waals surface area contributed by atoms with Gasteiger partial charge in [-0.3, -0.25) is 4.79 Å². The van der Waals surface area contributed by atoms with Gasteiger partial charge in [-0.1, -0.05) is 22.0 Å². The number of carbonyl (C=O) groups is 1. The minimum Gasteiger partial charge on any atom is -0.324 e. The summed E-state index contributed by atoms with van der Waals surface area (Å²) < 4.78 is 2.48. The van der Waals surface area contributed by atoms with Crippen LogP contribution in [0.25, 0.3) is 0 Å². The summed E-state index contributed by atoms with van der Waals surface area (Å²) in [5, 5.41) is 6.79. The van der Waals surface area contributed by atoms with E-state index in [2.05, 4.69) is 31.3 Å². The molecule has 1 aromatic heterocycles. The van der Waals surface area contributed by atoms with Crippen LogP contribution in [-0.2, 0) is 4.79 Å². The van der Waals surface area contributed by atoms with Crippen LogP contribution in [0.2, 0.25) is 0 Å². The summed E-state index contributed by atoms with van der Waals surface area (Å²) in [4.78, 5) is 15.8. The highest BCUT2D eigenvalue weighted by atomic mass is 79.9. The zero-order valence-electron chi connectivity index (χ0n) is 10.1. The molecule has 1 heterocycles. The highest BCUT2D eigenvalue weighted by molar-refractivity contribution is 9.10. The Hall–Kier alpha value is -1.69. The second-order valence-electron chi connectivity index (χ2n) is 4.00. The molecule has 0 fully saturated rings. The summed E-state index contributed by atoms with van der Waals surface area (Å²) in [5.41, 5.74) is 1.88. The molecule has 0 bridgehead atoms. The first-order valence-electron chi connectivity index (χ1n) is 5.49. The van der Waals surface area contributed by atoms with Gasteiger partial charge in [0.05, 0.1) is 0 Å². The van der Waals surface area contributed by atoms with Gasteiger partial charge >= 0.3 is 0 Å². The Morgan fingerprint density at radius 1 is 1.50 bits per heavy atom. The molecule has 1 atom stereocenters.